The van der Waals surface area contributed by atoms with Crippen LogP contribution in [0.2, 0.25) is 0 Å². The van der Waals surface area contributed by atoms with E-state index >= 15 is 0 Å². The molecular weight excluding hydrogens is 434 g/mol. The van der Waals surface area contributed by atoms with E-state index < -0.39 is 27.7 Å². The number of carboxylic acids is 1. The van der Waals surface area contributed by atoms with Gasteiger partial charge in [-0.05, 0) is 53.9 Å². The Morgan fingerprint density at radius 1 is 0.969 bits per heavy atom. The van der Waals surface area contributed by atoms with E-state index in [2.05, 4.69) is 4.72 Å². The van der Waals surface area contributed by atoms with Crippen molar-refractivity contribution in [1.82, 2.24) is 0 Å². The molecule has 0 unspecified atom stereocenters. The summed E-state index contributed by atoms with van der Waals surface area (Å²) in [4.78, 5) is 23.1. The number of benzene rings is 3. The molecule has 3 aromatic carbocycles. The summed E-state index contributed by atoms with van der Waals surface area (Å²) in [7, 11) is -4.03. The van der Waals surface area contributed by atoms with Gasteiger partial charge in [0.2, 0.25) is 0 Å². The van der Waals surface area contributed by atoms with E-state index in [-0.39, 0.29) is 16.1 Å². The van der Waals surface area contributed by atoms with Crippen molar-refractivity contribution >= 4 is 27.6 Å². The number of sulfonamides is 1. The van der Waals surface area contributed by atoms with Gasteiger partial charge in [0.25, 0.3) is 10.0 Å². The first-order valence-electron chi connectivity index (χ1n) is 9.68. The number of hydrogen-bond acceptors (Lipinski definition) is 6. The largest absolute Gasteiger partial charge is 0.507 e. The third-order valence-corrected chi connectivity index (χ3v) is 5.87. The molecule has 0 saturated heterocycles. The number of carboxylic acid groups (broad SMARTS) is 1. The molecule has 0 amide bonds. The van der Waals surface area contributed by atoms with Crippen molar-refractivity contribution in [1.29, 1.82) is 0 Å². The van der Waals surface area contributed by atoms with Crippen LogP contribution in [-0.2, 0) is 14.8 Å². The summed E-state index contributed by atoms with van der Waals surface area (Å²) < 4.78 is 33.1. The molecule has 0 radical (unpaired) electrons. The van der Waals surface area contributed by atoms with Crippen LogP contribution < -0.4 is 4.72 Å². The third-order valence-electron chi connectivity index (χ3n) is 4.49. The highest BCUT2D eigenvalue weighted by Gasteiger charge is 2.17. The zero-order chi connectivity index (χ0) is 23.3. The molecule has 0 aromatic heterocycles. The number of aromatic hydroxyl groups is 1. The Morgan fingerprint density at radius 2 is 1.66 bits per heavy atom. The SMILES string of the molecule is CCCOC(=O)c1cccc(-c2cccc(S(=O)(=O)Nc3ccc(C(=O)O)c(O)c3)c2)c1. The molecule has 0 fully saturated rings. The van der Waals surface area contributed by atoms with Crippen molar-refractivity contribution in [3.63, 3.8) is 0 Å². The molecule has 0 aliphatic rings. The summed E-state index contributed by atoms with van der Waals surface area (Å²) in [6.07, 6.45) is 0.704. The molecule has 0 heterocycles. The Balaban J connectivity index is 1.88. The lowest BCUT2D eigenvalue weighted by Gasteiger charge is -2.11. The summed E-state index contributed by atoms with van der Waals surface area (Å²) in [6, 6.07) is 16.2. The van der Waals surface area contributed by atoms with Gasteiger partial charge >= 0.3 is 11.9 Å². The molecule has 9 heteroatoms. The monoisotopic (exact) mass is 455 g/mol. The average molecular weight is 455 g/mol. The fourth-order valence-electron chi connectivity index (χ4n) is 2.94. The van der Waals surface area contributed by atoms with E-state index in [0.717, 1.165) is 12.1 Å². The van der Waals surface area contributed by atoms with Crippen LogP contribution in [0.1, 0.15) is 34.1 Å². The van der Waals surface area contributed by atoms with Crippen LogP contribution in [0, 0.1) is 0 Å². The second-order valence-corrected chi connectivity index (χ2v) is 8.57. The highest BCUT2D eigenvalue weighted by Crippen LogP contribution is 2.27. The highest BCUT2D eigenvalue weighted by atomic mass is 32.2. The van der Waals surface area contributed by atoms with Crippen molar-refractivity contribution in [2.75, 3.05) is 11.3 Å². The first kappa shape index (κ1) is 22.8. The molecule has 0 spiro atoms. The summed E-state index contributed by atoms with van der Waals surface area (Å²) in [5.74, 6) is -2.34. The zero-order valence-electron chi connectivity index (χ0n) is 17.1. The number of aromatic carboxylic acids is 1. The second kappa shape index (κ2) is 9.52. The maximum atomic E-state index is 12.8. The Labute approximate surface area is 185 Å². The Morgan fingerprint density at radius 3 is 2.31 bits per heavy atom. The smallest absolute Gasteiger partial charge is 0.339 e. The predicted molar refractivity (Wildman–Crippen MR) is 118 cm³/mol. The minimum Gasteiger partial charge on any atom is -0.507 e. The maximum absolute atomic E-state index is 12.8. The van der Waals surface area contributed by atoms with Gasteiger partial charge in [-0.3, -0.25) is 4.72 Å². The van der Waals surface area contributed by atoms with Gasteiger partial charge in [-0.2, -0.15) is 0 Å². The normalized spacial score (nSPS) is 11.0. The second-order valence-electron chi connectivity index (χ2n) is 6.89. The van der Waals surface area contributed by atoms with Crippen molar-refractivity contribution in [2.24, 2.45) is 0 Å². The Kier molecular flexibility index (Phi) is 6.79. The molecule has 0 saturated carbocycles. The van der Waals surface area contributed by atoms with Gasteiger partial charge in [0.15, 0.2) is 0 Å². The molecule has 3 aromatic rings. The minimum atomic E-state index is -4.03. The van der Waals surface area contributed by atoms with Crippen molar-refractivity contribution < 1.29 is 33.0 Å². The van der Waals surface area contributed by atoms with E-state index in [9.17, 15) is 23.1 Å². The fraction of sp³-hybridized carbons (Fsp3) is 0.130. The van der Waals surface area contributed by atoms with Gasteiger partial charge < -0.3 is 14.9 Å². The Bertz CT molecular complexity index is 1270. The predicted octanol–water partition coefficient (Wildman–Crippen LogP) is 4.13. The molecule has 32 heavy (non-hydrogen) atoms. The van der Waals surface area contributed by atoms with Crippen LogP contribution in [-0.4, -0.2) is 37.2 Å². The molecule has 0 aliphatic carbocycles. The summed E-state index contributed by atoms with van der Waals surface area (Å²) in [6.45, 7) is 2.21. The number of hydrogen-bond donors (Lipinski definition) is 3. The number of carbonyl (C=O) groups is 2. The lowest BCUT2D eigenvalue weighted by Crippen LogP contribution is -2.13. The molecule has 8 nitrogen and oxygen atoms in total. The topological polar surface area (TPSA) is 130 Å². The van der Waals surface area contributed by atoms with E-state index in [0.29, 0.717) is 29.7 Å². The summed E-state index contributed by atoms with van der Waals surface area (Å²) in [5, 5.41) is 18.8. The van der Waals surface area contributed by atoms with Crippen LogP contribution in [0.4, 0.5) is 5.69 Å². The standard InChI is InChI=1S/C23H21NO7S/c1-2-11-31-23(28)17-7-3-5-15(12-17)16-6-4-8-19(13-16)32(29,30)24-18-9-10-20(22(26)27)21(25)14-18/h3-10,12-14,24-25H,2,11H2,1H3,(H,26,27). The lowest BCUT2D eigenvalue weighted by atomic mass is 10.0. The molecule has 0 bridgehead atoms. The van der Waals surface area contributed by atoms with Crippen molar-refractivity contribution in [2.45, 2.75) is 18.2 Å². The quantitative estimate of drug-likeness (QED) is 0.436. The number of nitrogens with one attached hydrogen (secondary N) is 1. The lowest BCUT2D eigenvalue weighted by molar-refractivity contribution is 0.0504. The number of ether oxygens (including phenoxy) is 1. The van der Waals surface area contributed by atoms with Crippen LogP contribution in [0.3, 0.4) is 0 Å². The van der Waals surface area contributed by atoms with Gasteiger partial charge in [0, 0.05) is 6.07 Å². The zero-order valence-corrected chi connectivity index (χ0v) is 17.9. The number of carbonyl (C=O) groups excluding carboxylic acids is 1. The number of phenols is 1. The minimum absolute atomic E-state index is 0.0126. The first-order chi connectivity index (χ1) is 15.2. The molecule has 166 valence electrons. The van der Waals surface area contributed by atoms with Crippen molar-refractivity contribution in [3.05, 3.63) is 77.9 Å². The van der Waals surface area contributed by atoms with Crippen molar-refractivity contribution in [3.8, 4) is 16.9 Å². The number of anilines is 1. The van der Waals surface area contributed by atoms with Gasteiger partial charge in [0.1, 0.15) is 11.3 Å². The molecule has 3 rings (SSSR count). The summed E-state index contributed by atoms with van der Waals surface area (Å²) >= 11 is 0. The van der Waals surface area contributed by atoms with Crippen LogP contribution in [0.15, 0.2) is 71.6 Å². The molecule has 0 aliphatic heterocycles. The van der Waals surface area contributed by atoms with Gasteiger partial charge in [-0.15, -0.1) is 0 Å². The number of rotatable bonds is 8. The van der Waals surface area contributed by atoms with E-state index in [4.69, 9.17) is 9.84 Å². The van der Waals surface area contributed by atoms with Crippen LogP contribution >= 0.6 is 0 Å². The highest BCUT2D eigenvalue weighted by molar-refractivity contribution is 7.92. The van der Waals surface area contributed by atoms with E-state index in [1.54, 1.807) is 36.4 Å². The van der Waals surface area contributed by atoms with Crippen LogP contribution in [0.25, 0.3) is 11.1 Å². The molecule has 0 atom stereocenters. The van der Waals surface area contributed by atoms with Gasteiger partial charge in [-0.1, -0.05) is 31.2 Å². The first-order valence-corrected chi connectivity index (χ1v) is 11.2. The van der Waals surface area contributed by atoms with Gasteiger partial charge in [0.05, 0.1) is 22.8 Å². The average Bonchev–Trinajstić information content (AvgIpc) is 2.77. The Hall–Kier alpha value is -3.85. The number of esters is 1. The van der Waals surface area contributed by atoms with Gasteiger partial charge in [-0.25, -0.2) is 18.0 Å². The van der Waals surface area contributed by atoms with E-state index in [1.807, 2.05) is 6.92 Å². The molecule has 3 N–H and O–H groups in total. The van der Waals surface area contributed by atoms with E-state index in [1.165, 1.54) is 18.2 Å². The third kappa shape index (κ3) is 5.25. The maximum Gasteiger partial charge on any atom is 0.339 e. The fourth-order valence-corrected chi connectivity index (χ4v) is 4.03. The summed E-state index contributed by atoms with van der Waals surface area (Å²) in [5.41, 5.74) is 1.24. The molecular formula is C23H21NO7S. The van der Waals surface area contributed by atoms with Crippen LogP contribution in [0.5, 0.6) is 5.75 Å².